The number of esters is 1. The van der Waals surface area contributed by atoms with Gasteiger partial charge < -0.3 is 20.7 Å². The smallest absolute Gasteiger partial charge is 0.328 e. The van der Waals surface area contributed by atoms with E-state index in [4.69, 9.17) is 4.74 Å². The number of hydrogen-bond acceptors (Lipinski definition) is 5. The molecule has 2 amide bonds. The van der Waals surface area contributed by atoms with Gasteiger partial charge in [-0.3, -0.25) is 9.59 Å². The fraction of sp³-hybridized carbons (Fsp3) is 0.526. The number of nitrogens with one attached hydrogen (secondary N) is 3. The highest BCUT2D eigenvalue weighted by molar-refractivity contribution is 5.88. The summed E-state index contributed by atoms with van der Waals surface area (Å²) in [5.41, 5.74) is 1.20. The Hall–Kier alpha value is -2.41. The lowest BCUT2D eigenvalue weighted by Gasteiger charge is -2.21. The molecule has 26 heavy (non-hydrogen) atoms. The topological polar surface area (TPSA) is 96.5 Å². The van der Waals surface area contributed by atoms with Crippen LogP contribution in [0, 0.1) is 5.92 Å². The van der Waals surface area contributed by atoms with Gasteiger partial charge >= 0.3 is 5.97 Å². The molecule has 140 valence electrons. The van der Waals surface area contributed by atoms with Gasteiger partial charge in [0.2, 0.25) is 11.8 Å². The minimum Gasteiger partial charge on any atom is -0.467 e. The van der Waals surface area contributed by atoms with E-state index in [9.17, 15) is 14.4 Å². The molecule has 1 aromatic rings. The molecule has 3 rings (SSSR count). The van der Waals surface area contributed by atoms with Crippen molar-refractivity contribution in [3.63, 3.8) is 0 Å². The SMILES string of the molecule is COC(=O)C(C[C@@H]1CCNC1=O)NC(=O)[C@@H]1C[C@@H](c2ccccc2)CN1. The van der Waals surface area contributed by atoms with E-state index in [0.29, 0.717) is 19.4 Å². The number of carbonyl (C=O) groups is 3. The summed E-state index contributed by atoms with van der Waals surface area (Å²) in [6.07, 6.45) is 1.60. The maximum absolute atomic E-state index is 12.6. The lowest BCUT2D eigenvalue weighted by atomic mass is 9.95. The predicted molar refractivity (Wildman–Crippen MR) is 95.3 cm³/mol. The number of rotatable bonds is 6. The Bertz CT molecular complexity index is 664. The molecule has 7 nitrogen and oxygen atoms in total. The van der Waals surface area contributed by atoms with Crippen molar-refractivity contribution in [3.05, 3.63) is 35.9 Å². The Morgan fingerprint density at radius 2 is 2.08 bits per heavy atom. The quantitative estimate of drug-likeness (QED) is 0.636. The average Bonchev–Trinajstić information content (AvgIpc) is 3.31. The Balaban J connectivity index is 1.59. The monoisotopic (exact) mass is 359 g/mol. The zero-order valence-corrected chi connectivity index (χ0v) is 14.9. The Labute approximate surface area is 152 Å². The van der Waals surface area contributed by atoms with Gasteiger partial charge in [0.25, 0.3) is 0 Å². The van der Waals surface area contributed by atoms with Gasteiger partial charge in [-0.2, -0.15) is 0 Å². The summed E-state index contributed by atoms with van der Waals surface area (Å²) in [6, 6.07) is 8.90. The lowest BCUT2D eigenvalue weighted by Crippen LogP contribution is -2.49. The first-order valence-corrected chi connectivity index (χ1v) is 9.02. The standard InChI is InChI=1S/C19H25N3O4/c1-26-19(25)16(9-13-7-8-20-17(13)23)22-18(24)15-10-14(11-21-15)12-5-3-2-4-6-12/h2-6,13-16,21H,7-11H2,1H3,(H,20,23)(H,22,24)/t13-,14+,15-,16?/m0/s1. The van der Waals surface area contributed by atoms with Crippen molar-refractivity contribution in [2.45, 2.75) is 37.3 Å². The van der Waals surface area contributed by atoms with Crippen LogP contribution in [0.4, 0.5) is 0 Å². The van der Waals surface area contributed by atoms with Crippen LogP contribution in [0.1, 0.15) is 30.7 Å². The van der Waals surface area contributed by atoms with Crippen LogP contribution >= 0.6 is 0 Å². The summed E-state index contributed by atoms with van der Waals surface area (Å²) in [7, 11) is 1.29. The number of carbonyl (C=O) groups excluding carboxylic acids is 3. The van der Waals surface area contributed by atoms with Crippen LogP contribution in [0.2, 0.25) is 0 Å². The number of benzene rings is 1. The van der Waals surface area contributed by atoms with Crippen molar-refractivity contribution in [1.82, 2.24) is 16.0 Å². The maximum atomic E-state index is 12.6. The van der Waals surface area contributed by atoms with Gasteiger partial charge in [0, 0.05) is 19.0 Å². The van der Waals surface area contributed by atoms with E-state index in [0.717, 1.165) is 6.54 Å². The van der Waals surface area contributed by atoms with Crippen molar-refractivity contribution in [3.8, 4) is 0 Å². The van der Waals surface area contributed by atoms with Gasteiger partial charge in [-0.05, 0) is 30.7 Å². The van der Waals surface area contributed by atoms with E-state index in [1.807, 2.05) is 18.2 Å². The average molecular weight is 359 g/mol. The number of methoxy groups -OCH3 is 1. The molecule has 2 fully saturated rings. The second-order valence-corrected chi connectivity index (χ2v) is 6.90. The molecule has 0 aromatic heterocycles. The van der Waals surface area contributed by atoms with Crippen molar-refractivity contribution in [2.75, 3.05) is 20.2 Å². The molecule has 0 spiro atoms. The highest BCUT2D eigenvalue weighted by Crippen LogP contribution is 2.26. The lowest BCUT2D eigenvalue weighted by molar-refractivity contribution is -0.146. The third kappa shape index (κ3) is 4.22. The summed E-state index contributed by atoms with van der Waals surface area (Å²) in [4.78, 5) is 36.5. The zero-order valence-electron chi connectivity index (χ0n) is 14.9. The third-order valence-electron chi connectivity index (χ3n) is 5.20. The Morgan fingerprint density at radius 3 is 2.73 bits per heavy atom. The molecule has 3 N–H and O–H groups in total. The molecule has 2 saturated heterocycles. The van der Waals surface area contributed by atoms with Crippen molar-refractivity contribution in [2.24, 2.45) is 5.92 Å². The molecule has 0 bridgehead atoms. The van der Waals surface area contributed by atoms with Crippen LogP contribution in [0.25, 0.3) is 0 Å². The molecular weight excluding hydrogens is 334 g/mol. The summed E-state index contributed by atoms with van der Waals surface area (Å²) in [6.45, 7) is 1.32. The van der Waals surface area contributed by atoms with E-state index < -0.39 is 12.0 Å². The van der Waals surface area contributed by atoms with E-state index >= 15 is 0 Å². The number of ether oxygens (including phenoxy) is 1. The van der Waals surface area contributed by atoms with Crippen LogP contribution in [-0.2, 0) is 19.1 Å². The fourth-order valence-corrected chi connectivity index (χ4v) is 3.70. The second kappa shape index (κ2) is 8.31. The molecule has 2 heterocycles. The Kier molecular flexibility index (Phi) is 5.88. The zero-order chi connectivity index (χ0) is 18.5. The minimum absolute atomic E-state index is 0.0729. The molecule has 0 saturated carbocycles. The summed E-state index contributed by atoms with van der Waals surface area (Å²) < 4.78 is 4.81. The summed E-state index contributed by atoms with van der Waals surface area (Å²) in [5.74, 6) is -0.818. The predicted octanol–water partition coefficient (Wildman–Crippen LogP) is 0.316. The van der Waals surface area contributed by atoms with E-state index in [-0.39, 0.29) is 36.1 Å². The second-order valence-electron chi connectivity index (χ2n) is 6.90. The highest BCUT2D eigenvalue weighted by atomic mass is 16.5. The van der Waals surface area contributed by atoms with Crippen LogP contribution in [0.3, 0.4) is 0 Å². The van der Waals surface area contributed by atoms with Gasteiger partial charge in [-0.15, -0.1) is 0 Å². The normalized spacial score (nSPS) is 26.2. The first-order valence-electron chi connectivity index (χ1n) is 9.02. The van der Waals surface area contributed by atoms with Gasteiger partial charge in [0.05, 0.1) is 13.2 Å². The van der Waals surface area contributed by atoms with Crippen molar-refractivity contribution >= 4 is 17.8 Å². The van der Waals surface area contributed by atoms with Crippen molar-refractivity contribution < 1.29 is 19.1 Å². The molecule has 1 unspecified atom stereocenters. The molecule has 1 aromatic carbocycles. The molecule has 0 radical (unpaired) electrons. The van der Waals surface area contributed by atoms with Gasteiger partial charge in [-0.25, -0.2) is 4.79 Å². The molecule has 2 aliphatic rings. The third-order valence-corrected chi connectivity index (χ3v) is 5.20. The van der Waals surface area contributed by atoms with Crippen LogP contribution in [-0.4, -0.2) is 50.1 Å². The van der Waals surface area contributed by atoms with E-state index in [1.165, 1.54) is 12.7 Å². The van der Waals surface area contributed by atoms with Gasteiger partial charge in [0.1, 0.15) is 6.04 Å². The van der Waals surface area contributed by atoms with Crippen molar-refractivity contribution in [1.29, 1.82) is 0 Å². The van der Waals surface area contributed by atoms with Crippen LogP contribution in [0.15, 0.2) is 30.3 Å². The molecule has 4 atom stereocenters. The highest BCUT2D eigenvalue weighted by Gasteiger charge is 2.35. The van der Waals surface area contributed by atoms with Crippen LogP contribution < -0.4 is 16.0 Å². The maximum Gasteiger partial charge on any atom is 0.328 e. The molecule has 7 heteroatoms. The largest absolute Gasteiger partial charge is 0.467 e. The first kappa shape index (κ1) is 18.4. The first-order chi connectivity index (χ1) is 12.6. The van der Waals surface area contributed by atoms with Crippen LogP contribution in [0.5, 0.6) is 0 Å². The molecular formula is C19H25N3O4. The Morgan fingerprint density at radius 1 is 1.31 bits per heavy atom. The van der Waals surface area contributed by atoms with Gasteiger partial charge in [-0.1, -0.05) is 30.3 Å². The molecule has 0 aliphatic carbocycles. The fourth-order valence-electron chi connectivity index (χ4n) is 3.70. The van der Waals surface area contributed by atoms with E-state index in [1.54, 1.807) is 0 Å². The molecule has 2 aliphatic heterocycles. The summed E-state index contributed by atoms with van der Waals surface area (Å²) >= 11 is 0. The van der Waals surface area contributed by atoms with E-state index in [2.05, 4.69) is 28.1 Å². The van der Waals surface area contributed by atoms with Gasteiger partial charge in [0.15, 0.2) is 0 Å². The number of hydrogen-bond donors (Lipinski definition) is 3. The minimum atomic E-state index is -0.807. The number of amides is 2. The summed E-state index contributed by atoms with van der Waals surface area (Å²) in [5, 5.41) is 8.75.